The molecule has 0 aromatic heterocycles. The molecule has 1 aliphatic heterocycles. The largest absolute Gasteiger partial charge is 0.497 e. The van der Waals surface area contributed by atoms with Crippen LogP contribution in [0.15, 0.2) is 24.3 Å². The van der Waals surface area contributed by atoms with Crippen LogP contribution >= 0.6 is 0 Å². The highest BCUT2D eigenvalue weighted by molar-refractivity contribution is 5.97. The van der Waals surface area contributed by atoms with Gasteiger partial charge in [0.1, 0.15) is 5.75 Å². The third-order valence-electron chi connectivity index (χ3n) is 4.66. The van der Waals surface area contributed by atoms with E-state index in [0.29, 0.717) is 5.78 Å². The van der Waals surface area contributed by atoms with Crippen molar-refractivity contribution in [3.63, 3.8) is 0 Å². The Morgan fingerprint density at radius 1 is 1.39 bits per heavy atom. The molecule has 3 nitrogen and oxygen atoms in total. The van der Waals surface area contributed by atoms with E-state index in [1.165, 1.54) is 0 Å². The van der Waals surface area contributed by atoms with Crippen LogP contribution in [0.4, 0.5) is 0 Å². The van der Waals surface area contributed by atoms with E-state index in [0.717, 1.165) is 37.1 Å². The van der Waals surface area contributed by atoms with Gasteiger partial charge >= 0.3 is 0 Å². The minimum Gasteiger partial charge on any atom is -0.497 e. The number of fused-ring (bicyclic) bond motifs is 2. The summed E-state index contributed by atoms with van der Waals surface area (Å²) in [5.74, 6) is 1.25. The number of methoxy groups -OCH3 is 1. The minimum atomic E-state index is -0.244. The van der Waals surface area contributed by atoms with Crippen LogP contribution in [-0.4, -0.2) is 37.4 Å². The predicted molar refractivity (Wildman–Crippen MR) is 69.9 cm³/mol. The Labute approximate surface area is 108 Å². The van der Waals surface area contributed by atoms with Gasteiger partial charge in [-0.1, -0.05) is 12.1 Å². The van der Waals surface area contributed by atoms with Crippen LogP contribution < -0.4 is 4.74 Å². The second-order valence-corrected chi connectivity index (χ2v) is 5.46. The molecule has 2 fully saturated rings. The molecule has 3 rings (SSSR count). The van der Waals surface area contributed by atoms with Gasteiger partial charge in [-0.2, -0.15) is 0 Å². The van der Waals surface area contributed by atoms with Crippen molar-refractivity contribution in [1.82, 2.24) is 4.90 Å². The Bertz CT molecular complexity index is 485. The van der Waals surface area contributed by atoms with Gasteiger partial charge < -0.3 is 4.74 Å². The molecule has 1 aliphatic carbocycles. The summed E-state index contributed by atoms with van der Waals surface area (Å²) in [6.07, 6.45) is 2.91. The van der Waals surface area contributed by atoms with Crippen molar-refractivity contribution in [2.45, 2.75) is 30.7 Å². The smallest absolute Gasteiger partial charge is 0.160 e. The average Bonchev–Trinajstić information content (AvgIpc) is 2.63. The standard InChI is InChI=1S/C15H19NO2/c1-16-9-8-15(7-6-13(16)14(15)17)11-4-3-5-12(10-11)18-2/h3-5,10,13H,6-9H2,1-2H3. The molecule has 3 heteroatoms. The highest BCUT2D eigenvalue weighted by Gasteiger charge is 2.52. The van der Waals surface area contributed by atoms with Crippen LogP contribution in [0.25, 0.3) is 0 Å². The first-order valence-corrected chi connectivity index (χ1v) is 6.56. The number of hydrogen-bond acceptors (Lipinski definition) is 3. The zero-order valence-corrected chi connectivity index (χ0v) is 11.0. The molecule has 0 spiro atoms. The Morgan fingerprint density at radius 3 is 3.00 bits per heavy atom. The normalized spacial score (nSPS) is 31.7. The van der Waals surface area contributed by atoms with Gasteiger partial charge in [-0.15, -0.1) is 0 Å². The number of likely N-dealkylation sites (N-methyl/N-ethyl adjacent to an activating group) is 1. The Morgan fingerprint density at radius 2 is 2.22 bits per heavy atom. The molecule has 2 aliphatic rings. The number of benzene rings is 1. The molecule has 0 amide bonds. The van der Waals surface area contributed by atoms with Crippen molar-refractivity contribution in [1.29, 1.82) is 0 Å². The summed E-state index contributed by atoms with van der Waals surface area (Å²) in [5, 5.41) is 0. The molecular formula is C15H19NO2. The molecule has 2 unspecified atom stereocenters. The van der Waals surface area contributed by atoms with E-state index in [-0.39, 0.29) is 11.5 Å². The van der Waals surface area contributed by atoms with Crippen LogP contribution in [-0.2, 0) is 10.2 Å². The van der Waals surface area contributed by atoms with Crippen molar-refractivity contribution in [3.8, 4) is 5.75 Å². The first-order chi connectivity index (χ1) is 8.67. The Balaban J connectivity index is 2.02. The van der Waals surface area contributed by atoms with Crippen LogP contribution in [0.1, 0.15) is 24.8 Å². The fourth-order valence-corrected chi connectivity index (χ4v) is 3.50. The molecule has 1 saturated carbocycles. The maximum absolute atomic E-state index is 12.6. The quantitative estimate of drug-likeness (QED) is 0.798. The average molecular weight is 245 g/mol. The minimum absolute atomic E-state index is 0.130. The predicted octanol–water partition coefficient (Wildman–Crippen LogP) is 2.00. The number of hydrogen-bond donors (Lipinski definition) is 0. The first kappa shape index (κ1) is 11.7. The molecule has 18 heavy (non-hydrogen) atoms. The summed E-state index contributed by atoms with van der Waals surface area (Å²) >= 11 is 0. The SMILES string of the molecule is COc1cccc(C23CCC(C2=O)N(C)CC3)c1. The summed E-state index contributed by atoms with van der Waals surface area (Å²) in [6.45, 7) is 1.01. The van der Waals surface area contributed by atoms with Crippen LogP contribution in [0, 0.1) is 0 Å². The Kier molecular flexibility index (Phi) is 2.67. The van der Waals surface area contributed by atoms with E-state index in [9.17, 15) is 4.79 Å². The van der Waals surface area contributed by atoms with E-state index < -0.39 is 0 Å². The second-order valence-electron chi connectivity index (χ2n) is 5.46. The molecular weight excluding hydrogens is 226 g/mol. The van der Waals surface area contributed by atoms with Crippen LogP contribution in [0.2, 0.25) is 0 Å². The van der Waals surface area contributed by atoms with Gasteiger partial charge in [0.15, 0.2) is 5.78 Å². The summed E-state index contributed by atoms with van der Waals surface area (Å²) in [5.41, 5.74) is 0.897. The summed E-state index contributed by atoms with van der Waals surface area (Å²) in [7, 11) is 3.73. The van der Waals surface area contributed by atoms with E-state index in [1.807, 2.05) is 18.2 Å². The van der Waals surface area contributed by atoms with Crippen molar-refractivity contribution >= 4 is 5.78 Å². The lowest BCUT2D eigenvalue weighted by atomic mass is 9.73. The number of likely N-dealkylation sites (tertiary alicyclic amines) is 1. The molecule has 2 bridgehead atoms. The number of ether oxygens (including phenoxy) is 1. The lowest BCUT2D eigenvalue weighted by Crippen LogP contribution is -2.49. The van der Waals surface area contributed by atoms with E-state index in [4.69, 9.17) is 4.74 Å². The molecule has 1 saturated heterocycles. The Hall–Kier alpha value is -1.35. The maximum Gasteiger partial charge on any atom is 0.160 e. The number of carbonyl (C=O) groups excluding carboxylic acids is 1. The fourth-order valence-electron chi connectivity index (χ4n) is 3.50. The lowest BCUT2D eigenvalue weighted by Gasteiger charge is -2.37. The molecule has 0 radical (unpaired) electrons. The third kappa shape index (κ3) is 1.50. The van der Waals surface area contributed by atoms with Crippen molar-refractivity contribution < 1.29 is 9.53 Å². The van der Waals surface area contributed by atoms with Crippen molar-refractivity contribution in [2.75, 3.05) is 20.7 Å². The molecule has 96 valence electrons. The highest BCUT2D eigenvalue weighted by atomic mass is 16.5. The molecule has 1 aromatic rings. The number of Topliss-reactive ketones (excluding diaryl/α,β-unsaturated/α-hetero) is 1. The van der Waals surface area contributed by atoms with E-state index >= 15 is 0 Å². The van der Waals surface area contributed by atoms with Gasteiger partial charge in [0.2, 0.25) is 0 Å². The molecule has 1 aromatic carbocycles. The van der Waals surface area contributed by atoms with Gasteiger partial charge in [-0.3, -0.25) is 9.69 Å². The number of piperidine rings is 1. The monoisotopic (exact) mass is 245 g/mol. The number of carbonyl (C=O) groups is 1. The van der Waals surface area contributed by atoms with Gasteiger partial charge in [0.05, 0.1) is 18.6 Å². The number of nitrogens with zero attached hydrogens (tertiary/aromatic N) is 1. The molecule has 0 N–H and O–H groups in total. The van der Waals surface area contributed by atoms with E-state index in [2.05, 4.69) is 18.0 Å². The summed E-state index contributed by atoms with van der Waals surface area (Å²) in [4.78, 5) is 14.8. The number of rotatable bonds is 2. The van der Waals surface area contributed by atoms with Gasteiger partial charge in [0, 0.05) is 0 Å². The molecule has 2 atom stereocenters. The van der Waals surface area contributed by atoms with Gasteiger partial charge in [-0.25, -0.2) is 0 Å². The molecule has 1 heterocycles. The maximum atomic E-state index is 12.6. The fraction of sp³-hybridized carbons (Fsp3) is 0.533. The zero-order chi connectivity index (χ0) is 12.8. The number of ketones is 1. The van der Waals surface area contributed by atoms with Crippen molar-refractivity contribution in [2.24, 2.45) is 0 Å². The van der Waals surface area contributed by atoms with Crippen LogP contribution in [0.3, 0.4) is 0 Å². The van der Waals surface area contributed by atoms with Crippen molar-refractivity contribution in [3.05, 3.63) is 29.8 Å². The van der Waals surface area contributed by atoms with Gasteiger partial charge in [-0.05, 0) is 50.6 Å². The highest BCUT2D eigenvalue weighted by Crippen LogP contribution is 2.46. The first-order valence-electron chi connectivity index (χ1n) is 6.56. The second kappa shape index (κ2) is 4.09. The van der Waals surface area contributed by atoms with E-state index in [1.54, 1.807) is 7.11 Å². The zero-order valence-electron chi connectivity index (χ0n) is 11.0. The summed E-state index contributed by atoms with van der Waals surface area (Å²) < 4.78 is 5.28. The van der Waals surface area contributed by atoms with Crippen LogP contribution in [0.5, 0.6) is 5.75 Å². The lowest BCUT2D eigenvalue weighted by molar-refractivity contribution is -0.129. The van der Waals surface area contributed by atoms with Gasteiger partial charge in [0.25, 0.3) is 0 Å². The summed E-state index contributed by atoms with van der Waals surface area (Å²) in [6, 6.07) is 8.16. The topological polar surface area (TPSA) is 29.5 Å². The third-order valence-corrected chi connectivity index (χ3v) is 4.66.